The summed E-state index contributed by atoms with van der Waals surface area (Å²) in [5, 5.41) is 3.05. The van der Waals surface area contributed by atoms with E-state index in [1.165, 1.54) is 0 Å². The van der Waals surface area contributed by atoms with Gasteiger partial charge in [0.05, 0.1) is 0 Å². The molecule has 0 saturated heterocycles. The van der Waals surface area contributed by atoms with E-state index in [0.29, 0.717) is 10.7 Å². The smallest absolute Gasteiger partial charge is 0.223 e. The number of carbonyl (C=O) groups excluding carboxylic acids is 1. The summed E-state index contributed by atoms with van der Waals surface area (Å²) < 4.78 is 0. The van der Waals surface area contributed by atoms with E-state index in [2.05, 4.69) is 48.9 Å². The van der Waals surface area contributed by atoms with Gasteiger partial charge in [0.2, 0.25) is 5.91 Å². The average molecular weight is 292 g/mol. The van der Waals surface area contributed by atoms with E-state index >= 15 is 0 Å². The van der Waals surface area contributed by atoms with Crippen molar-refractivity contribution in [1.29, 1.82) is 0 Å². The quantitative estimate of drug-likeness (QED) is 0.678. The van der Waals surface area contributed by atoms with Gasteiger partial charge in [0.15, 0.2) is 0 Å². The van der Waals surface area contributed by atoms with Crippen molar-refractivity contribution in [2.24, 2.45) is 11.8 Å². The Bertz CT molecular complexity index is 188. The maximum Gasteiger partial charge on any atom is 0.223 e. The van der Waals surface area contributed by atoms with Crippen LogP contribution in [0, 0.1) is 11.8 Å². The molecule has 0 radical (unpaired) electrons. The highest BCUT2D eigenvalue weighted by atomic mass is 79.9. The van der Waals surface area contributed by atoms with Crippen LogP contribution in [0.5, 0.6) is 0 Å². The lowest BCUT2D eigenvalue weighted by atomic mass is 9.98. The molecule has 1 atom stereocenters. The van der Waals surface area contributed by atoms with Crippen molar-refractivity contribution in [2.75, 3.05) is 6.54 Å². The molecule has 1 N–H and O–H groups in total. The second-order valence-corrected chi connectivity index (χ2v) is 5.53. The van der Waals surface area contributed by atoms with Crippen LogP contribution in [0.3, 0.4) is 0 Å². The van der Waals surface area contributed by atoms with Crippen molar-refractivity contribution in [2.45, 2.75) is 58.2 Å². The summed E-state index contributed by atoms with van der Waals surface area (Å²) in [6, 6.07) is 0. The Morgan fingerprint density at radius 2 is 1.56 bits per heavy atom. The van der Waals surface area contributed by atoms with Crippen molar-refractivity contribution in [3.8, 4) is 0 Å². The molecule has 0 saturated carbocycles. The van der Waals surface area contributed by atoms with E-state index in [1.807, 2.05) is 0 Å². The van der Waals surface area contributed by atoms with Crippen LogP contribution in [0.4, 0.5) is 0 Å². The number of hydrogen-bond acceptors (Lipinski definition) is 1. The highest BCUT2D eigenvalue weighted by molar-refractivity contribution is 9.09. The van der Waals surface area contributed by atoms with Gasteiger partial charge in [0, 0.05) is 17.3 Å². The molecular formula is C13H26BrNO. The maximum absolute atomic E-state index is 11.8. The molecule has 3 heteroatoms. The average Bonchev–Trinajstić information content (AvgIpc) is 2.29. The Kier molecular flexibility index (Phi) is 9.00. The molecule has 0 aliphatic carbocycles. The Hall–Kier alpha value is -0.0500. The third kappa shape index (κ3) is 5.33. The second-order valence-electron chi connectivity index (χ2n) is 4.35. The molecule has 1 amide bonds. The number of alkyl halides is 1. The minimum atomic E-state index is 0.182. The normalized spacial score (nSPS) is 13.2. The molecule has 0 fully saturated rings. The van der Waals surface area contributed by atoms with Crippen LogP contribution in [0.1, 0.15) is 53.4 Å². The Balaban J connectivity index is 3.99. The van der Waals surface area contributed by atoms with Gasteiger partial charge in [-0.15, -0.1) is 0 Å². The Morgan fingerprint density at radius 1 is 1.06 bits per heavy atom. The van der Waals surface area contributed by atoms with E-state index in [-0.39, 0.29) is 11.8 Å². The van der Waals surface area contributed by atoms with Crippen molar-refractivity contribution >= 4 is 21.8 Å². The molecule has 0 rings (SSSR count). The number of rotatable bonds is 8. The number of amides is 1. The molecule has 0 heterocycles. The zero-order chi connectivity index (χ0) is 12.6. The number of hydrogen-bond donors (Lipinski definition) is 1. The van der Waals surface area contributed by atoms with Crippen LogP contribution in [0.25, 0.3) is 0 Å². The monoisotopic (exact) mass is 291 g/mol. The van der Waals surface area contributed by atoms with Crippen LogP contribution in [-0.2, 0) is 4.79 Å². The van der Waals surface area contributed by atoms with Crippen LogP contribution < -0.4 is 5.32 Å². The number of nitrogens with one attached hydrogen (secondary N) is 1. The van der Waals surface area contributed by atoms with Gasteiger partial charge < -0.3 is 5.32 Å². The molecule has 0 bridgehead atoms. The van der Waals surface area contributed by atoms with E-state index in [0.717, 1.165) is 32.2 Å². The minimum Gasteiger partial charge on any atom is -0.355 e. The predicted octanol–water partition coefficient (Wildman–Crippen LogP) is 3.74. The largest absolute Gasteiger partial charge is 0.355 e. The molecule has 0 aliphatic rings. The zero-order valence-electron chi connectivity index (χ0n) is 11.1. The van der Waals surface area contributed by atoms with Gasteiger partial charge in [-0.3, -0.25) is 4.79 Å². The van der Waals surface area contributed by atoms with Crippen LogP contribution >= 0.6 is 15.9 Å². The van der Waals surface area contributed by atoms with Gasteiger partial charge in [-0.05, 0) is 18.8 Å². The van der Waals surface area contributed by atoms with Crippen molar-refractivity contribution < 1.29 is 4.79 Å². The van der Waals surface area contributed by atoms with Crippen molar-refractivity contribution in [3.63, 3.8) is 0 Å². The molecule has 0 spiro atoms. The summed E-state index contributed by atoms with van der Waals surface area (Å²) in [5.74, 6) is 1.05. The summed E-state index contributed by atoms with van der Waals surface area (Å²) in [5.41, 5.74) is 0. The van der Waals surface area contributed by atoms with Crippen LogP contribution in [0.15, 0.2) is 0 Å². The van der Waals surface area contributed by atoms with E-state index in [1.54, 1.807) is 0 Å². The molecule has 1 unspecified atom stereocenters. The minimum absolute atomic E-state index is 0.182. The first-order valence-corrected chi connectivity index (χ1v) is 7.43. The van der Waals surface area contributed by atoms with Crippen molar-refractivity contribution in [1.82, 2.24) is 5.32 Å². The van der Waals surface area contributed by atoms with Crippen LogP contribution in [-0.4, -0.2) is 17.3 Å². The molecule has 0 aliphatic heterocycles. The lowest BCUT2D eigenvalue weighted by molar-refractivity contribution is -0.125. The van der Waals surface area contributed by atoms with Crippen molar-refractivity contribution in [3.05, 3.63) is 0 Å². The van der Waals surface area contributed by atoms with Gasteiger partial charge in [-0.1, -0.05) is 56.5 Å². The first kappa shape index (κ1) is 16.0. The maximum atomic E-state index is 11.8. The highest BCUT2D eigenvalue weighted by Gasteiger charge is 2.18. The van der Waals surface area contributed by atoms with Gasteiger partial charge >= 0.3 is 0 Å². The first-order chi connectivity index (χ1) is 7.60. The molecule has 2 nitrogen and oxygen atoms in total. The van der Waals surface area contributed by atoms with Crippen LogP contribution in [0.2, 0.25) is 0 Å². The topological polar surface area (TPSA) is 29.1 Å². The third-order valence-corrected chi connectivity index (χ3v) is 4.46. The lowest BCUT2D eigenvalue weighted by Crippen LogP contribution is -2.36. The van der Waals surface area contributed by atoms with E-state index < -0.39 is 0 Å². The number of halogens is 1. The molecule has 16 heavy (non-hydrogen) atoms. The Labute approximate surface area is 109 Å². The van der Waals surface area contributed by atoms with Gasteiger partial charge in [0.25, 0.3) is 0 Å². The van der Waals surface area contributed by atoms with E-state index in [4.69, 9.17) is 0 Å². The van der Waals surface area contributed by atoms with E-state index in [9.17, 15) is 4.79 Å². The molecular weight excluding hydrogens is 266 g/mol. The third-order valence-electron chi connectivity index (χ3n) is 3.39. The second kappa shape index (κ2) is 9.03. The molecule has 0 aromatic carbocycles. The number of carbonyl (C=O) groups is 1. The Morgan fingerprint density at radius 3 is 1.94 bits per heavy atom. The summed E-state index contributed by atoms with van der Waals surface area (Å²) >= 11 is 3.67. The molecule has 0 aromatic heterocycles. The predicted molar refractivity (Wildman–Crippen MR) is 73.9 cm³/mol. The lowest BCUT2D eigenvalue weighted by Gasteiger charge is -2.21. The van der Waals surface area contributed by atoms with Gasteiger partial charge in [-0.25, -0.2) is 0 Å². The fraction of sp³-hybridized carbons (Fsp3) is 0.923. The summed E-state index contributed by atoms with van der Waals surface area (Å²) in [6.45, 7) is 9.29. The molecule has 0 aromatic rings. The highest BCUT2D eigenvalue weighted by Crippen LogP contribution is 2.19. The fourth-order valence-electron chi connectivity index (χ4n) is 1.97. The van der Waals surface area contributed by atoms with Gasteiger partial charge in [-0.2, -0.15) is 0 Å². The van der Waals surface area contributed by atoms with Gasteiger partial charge in [0.1, 0.15) is 0 Å². The molecule has 96 valence electrons. The summed E-state index contributed by atoms with van der Waals surface area (Å²) in [7, 11) is 0. The summed E-state index contributed by atoms with van der Waals surface area (Å²) in [4.78, 5) is 12.2. The SMILES string of the molecule is CCC(CC)C(=O)NCC(Br)C(CC)CC. The summed E-state index contributed by atoms with van der Waals surface area (Å²) in [6.07, 6.45) is 4.18. The zero-order valence-corrected chi connectivity index (χ0v) is 12.6. The standard InChI is InChI=1S/C13H26BrNO/c1-5-10(6-2)12(14)9-15-13(16)11(7-3)8-4/h10-12H,5-9H2,1-4H3,(H,15,16). The fourth-order valence-corrected chi connectivity index (χ4v) is 2.88. The first-order valence-electron chi connectivity index (χ1n) is 6.52.